The van der Waals surface area contributed by atoms with E-state index in [1.165, 1.54) is 6.07 Å². The van der Waals surface area contributed by atoms with Crippen molar-refractivity contribution >= 4 is 41.2 Å². The van der Waals surface area contributed by atoms with Gasteiger partial charge in [-0.25, -0.2) is 0 Å². The van der Waals surface area contributed by atoms with Crippen LogP contribution in [0.25, 0.3) is 0 Å². The predicted octanol–water partition coefficient (Wildman–Crippen LogP) is 0.878. The molecule has 0 aliphatic heterocycles. The molecule has 0 fully saturated rings. The van der Waals surface area contributed by atoms with Crippen molar-refractivity contribution in [1.29, 1.82) is 0 Å². The van der Waals surface area contributed by atoms with Crippen LogP contribution in [0.3, 0.4) is 0 Å². The molecule has 0 saturated heterocycles. The van der Waals surface area contributed by atoms with Crippen molar-refractivity contribution in [2.75, 3.05) is 0 Å². The van der Waals surface area contributed by atoms with Crippen molar-refractivity contribution < 1.29 is 64.3 Å². The quantitative estimate of drug-likeness (QED) is 0.544. The second-order valence-electron chi connectivity index (χ2n) is 2.65. The number of benzene rings is 1. The van der Waals surface area contributed by atoms with Crippen LogP contribution in [0, 0.1) is 3.57 Å². The standard InChI is InChI=1S/C7H5BClF3I.K/c9-6-1-2-7(13)5(3-6)4-8(10,11)12;/h1-3H,4H2;/q-1;+1. The average Bonchev–Trinajstić information content (AvgIpc) is 1.94. The first kappa shape index (κ1) is 15.7. The van der Waals surface area contributed by atoms with E-state index in [1.54, 1.807) is 12.1 Å². The van der Waals surface area contributed by atoms with Crippen molar-refractivity contribution in [3.63, 3.8) is 0 Å². The molecule has 0 aliphatic carbocycles. The summed E-state index contributed by atoms with van der Waals surface area (Å²) in [5.74, 6) is 0. The van der Waals surface area contributed by atoms with Crippen molar-refractivity contribution in [3.05, 3.63) is 32.4 Å². The van der Waals surface area contributed by atoms with Crippen LogP contribution in [-0.4, -0.2) is 6.98 Å². The molecule has 0 nitrogen and oxygen atoms in total. The molecule has 0 aromatic heterocycles. The number of hydrogen-bond donors (Lipinski definition) is 0. The summed E-state index contributed by atoms with van der Waals surface area (Å²) in [7, 11) is 0. The van der Waals surface area contributed by atoms with E-state index in [-0.39, 0.29) is 56.9 Å². The molecule has 0 amide bonds. The van der Waals surface area contributed by atoms with Crippen molar-refractivity contribution in [1.82, 2.24) is 0 Å². The summed E-state index contributed by atoms with van der Waals surface area (Å²) >= 11 is 7.45. The molecule has 14 heavy (non-hydrogen) atoms. The number of halogens is 5. The SMILES string of the molecule is F[B-](F)(F)Cc1cc(Cl)ccc1I.[K+]. The third-order valence-corrected chi connectivity index (χ3v) is 2.75. The Bertz CT molecular complexity index is 318. The van der Waals surface area contributed by atoms with Gasteiger partial charge in [-0.15, -0.1) is 0 Å². The molecule has 7 heteroatoms. The summed E-state index contributed by atoms with van der Waals surface area (Å²) < 4.78 is 36.8. The van der Waals surface area contributed by atoms with Gasteiger partial charge in [0.15, 0.2) is 0 Å². The van der Waals surface area contributed by atoms with Gasteiger partial charge < -0.3 is 12.9 Å². The smallest absolute Gasteiger partial charge is 0.449 e. The van der Waals surface area contributed by atoms with Gasteiger partial charge in [0.1, 0.15) is 0 Å². The third-order valence-electron chi connectivity index (χ3n) is 1.46. The maximum absolute atomic E-state index is 12.1. The van der Waals surface area contributed by atoms with E-state index in [4.69, 9.17) is 11.6 Å². The van der Waals surface area contributed by atoms with Crippen molar-refractivity contribution in [2.45, 2.75) is 6.32 Å². The first-order valence-electron chi connectivity index (χ1n) is 3.53. The predicted molar refractivity (Wildman–Crippen MR) is 57.0 cm³/mol. The number of rotatable bonds is 2. The van der Waals surface area contributed by atoms with Crippen LogP contribution in [0.1, 0.15) is 5.56 Å². The van der Waals surface area contributed by atoms with Crippen LogP contribution < -0.4 is 51.4 Å². The van der Waals surface area contributed by atoms with Gasteiger partial charge >= 0.3 is 58.4 Å². The van der Waals surface area contributed by atoms with Crippen LogP contribution in [0.4, 0.5) is 12.9 Å². The third kappa shape index (κ3) is 5.72. The Morgan fingerprint density at radius 3 is 2.36 bits per heavy atom. The van der Waals surface area contributed by atoms with E-state index >= 15 is 0 Å². The topological polar surface area (TPSA) is 0 Å². The fourth-order valence-electron chi connectivity index (χ4n) is 0.949. The largest absolute Gasteiger partial charge is 1.00 e. The molecule has 0 heterocycles. The molecule has 0 saturated carbocycles. The first-order valence-corrected chi connectivity index (χ1v) is 4.99. The molecular weight excluding hydrogens is 353 g/mol. The molecule has 1 rings (SSSR count). The van der Waals surface area contributed by atoms with Crippen molar-refractivity contribution in [2.24, 2.45) is 0 Å². The van der Waals surface area contributed by atoms with Gasteiger partial charge in [0.2, 0.25) is 0 Å². The van der Waals surface area contributed by atoms with Crippen LogP contribution in [-0.2, 0) is 6.32 Å². The van der Waals surface area contributed by atoms with E-state index in [2.05, 4.69) is 0 Å². The minimum absolute atomic E-state index is 0. The van der Waals surface area contributed by atoms with Crippen LogP contribution in [0.2, 0.25) is 5.02 Å². The zero-order valence-electron chi connectivity index (χ0n) is 7.41. The van der Waals surface area contributed by atoms with Gasteiger partial charge in [0, 0.05) is 8.59 Å². The second-order valence-corrected chi connectivity index (χ2v) is 4.25. The minimum Gasteiger partial charge on any atom is -0.449 e. The van der Waals surface area contributed by atoms with Gasteiger partial charge in [0.05, 0.1) is 0 Å². The molecule has 0 spiro atoms. The molecule has 72 valence electrons. The van der Waals surface area contributed by atoms with Crippen LogP contribution in [0.15, 0.2) is 18.2 Å². The molecule has 0 N–H and O–H groups in total. The Balaban J connectivity index is 0.00000169. The monoisotopic (exact) mass is 358 g/mol. The summed E-state index contributed by atoms with van der Waals surface area (Å²) in [6, 6.07) is 4.52. The molecule has 0 radical (unpaired) electrons. The summed E-state index contributed by atoms with van der Waals surface area (Å²) in [6.45, 7) is -4.78. The molecule has 0 aliphatic rings. The Hall–Kier alpha value is 1.73. The average molecular weight is 358 g/mol. The Morgan fingerprint density at radius 2 is 1.86 bits per heavy atom. The second kappa shape index (κ2) is 6.46. The normalized spacial score (nSPS) is 10.9. The van der Waals surface area contributed by atoms with E-state index in [0.29, 0.717) is 8.59 Å². The van der Waals surface area contributed by atoms with Gasteiger partial charge in [-0.05, 0) is 40.8 Å². The van der Waals surface area contributed by atoms with Gasteiger partial charge in [-0.3, -0.25) is 0 Å². The summed E-state index contributed by atoms with van der Waals surface area (Å²) in [6.07, 6.45) is -0.862. The van der Waals surface area contributed by atoms with Gasteiger partial charge in [-0.1, -0.05) is 23.5 Å². The van der Waals surface area contributed by atoms with Crippen LogP contribution in [0.5, 0.6) is 0 Å². The maximum Gasteiger partial charge on any atom is 1.00 e. The molecule has 0 atom stereocenters. The van der Waals surface area contributed by atoms with E-state index < -0.39 is 13.3 Å². The summed E-state index contributed by atoms with van der Waals surface area (Å²) in [5.41, 5.74) is 0.251. The molecule has 0 unspecified atom stereocenters. The van der Waals surface area contributed by atoms with Gasteiger partial charge in [0.25, 0.3) is 0 Å². The molecule has 1 aromatic carbocycles. The van der Waals surface area contributed by atoms with E-state index in [9.17, 15) is 12.9 Å². The molecule has 1 aromatic rings. The van der Waals surface area contributed by atoms with Crippen LogP contribution >= 0.6 is 34.2 Å². The number of hydrogen-bond acceptors (Lipinski definition) is 0. The molecule has 0 bridgehead atoms. The Kier molecular flexibility index (Phi) is 7.26. The van der Waals surface area contributed by atoms with Gasteiger partial charge in [-0.2, -0.15) is 0 Å². The molecular formula is C7H5BClF3IK. The first-order chi connectivity index (χ1) is 5.88. The maximum atomic E-state index is 12.1. The summed E-state index contributed by atoms with van der Waals surface area (Å²) in [4.78, 5) is 0. The zero-order valence-corrected chi connectivity index (χ0v) is 13.4. The Morgan fingerprint density at radius 1 is 1.29 bits per heavy atom. The summed E-state index contributed by atoms with van der Waals surface area (Å²) in [5, 5.41) is 0.343. The fraction of sp³-hybridized carbons (Fsp3) is 0.143. The fourth-order valence-corrected chi connectivity index (χ4v) is 1.70. The van der Waals surface area contributed by atoms with E-state index in [0.717, 1.165) is 0 Å². The Labute approximate surface area is 142 Å². The zero-order chi connectivity index (χ0) is 10.1. The van der Waals surface area contributed by atoms with E-state index in [1.807, 2.05) is 22.6 Å². The van der Waals surface area contributed by atoms with Crippen molar-refractivity contribution in [3.8, 4) is 0 Å². The minimum atomic E-state index is -4.78.